The van der Waals surface area contributed by atoms with Crippen LogP contribution in [-0.2, 0) is 14.4 Å². The molecule has 0 bridgehead atoms. The molecule has 2 N–H and O–H groups in total. The van der Waals surface area contributed by atoms with Crippen LogP contribution in [0.3, 0.4) is 0 Å². The maximum absolute atomic E-state index is 13.1. The van der Waals surface area contributed by atoms with Crippen LogP contribution in [0.25, 0.3) is 6.08 Å². The van der Waals surface area contributed by atoms with E-state index in [0.29, 0.717) is 27.2 Å². The van der Waals surface area contributed by atoms with Crippen molar-refractivity contribution in [2.24, 2.45) is 0 Å². The molecule has 3 aromatic rings. The summed E-state index contributed by atoms with van der Waals surface area (Å²) in [6.07, 6.45) is 1.38. The number of hydrogen-bond donors (Lipinski definition) is 2. The molecule has 1 heterocycles. The highest BCUT2D eigenvalue weighted by Crippen LogP contribution is 2.29. The van der Waals surface area contributed by atoms with Gasteiger partial charge in [-0.1, -0.05) is 23.8 Å². The van der Waals surface area contributed by atoms with Gasteiger partial charge in [0.25, 0.3) is 17.7 Å². The van der Waals surface area contributed by atoms with E-state index in [2.05, 4.69) is 26.6 Å². The fourth-order valence-electron chi connectivity index (χ4n) is 3.80. The Bertz CT molecular complexity index is 1470. The van der Waals surface area contributed by atoms with E-state index >= 15 is 0 Å². The fraction of sp³-hybridized carbons (Fsp3) is 0.143. The van der Waals surface area contributed by atoms with Crippen LogP contribution in [0.15, 0.2) is 70.7 Å². The molecule has 0 radical (unpaired) electrons. The molecule has 4 rings (SSSR count). The molecule has 0 spiro atoms. The largest absolute Gasteiger partial charge is 0.497 e. The molecular formula is C28H24BrN3O6. The maximum atomic E-state index is 13.1. The van der Waals surface area contributed by atoms with Gasteiger partial charge in [0.05, 0.1) is 17.3 Å². The quantitative estimate of drug-likeness (QED) is 0.309. The molecule has 3 aromatic carbocycles. The summed E-state index contributed by atoms with van der Waals surface area (Å²) in [5.74, 6) is -0.923. The van der Waals surface area contributed by atoms with E-state index in [1.165, 1.54) is 13.2 Å². The third kappa shape index (κ3) is 5.92. The number of aryl methyl sites for hydroxylation is 2. The van der Waals surface area contributed by atoms with Crippen LogP contribution in [0.5, 0.6) is 11.5 Å². The number of carbonyl (C=O) groups excluding carboxylic acids is 4. The summed E-state index contributed by atoms with van der Waals surface area (Å²) in [6, 6.07) is 16.1. The number of halogens is 1. The predicted molar refractivity (Wildman–Crippen MR) is 146 cm³/mol. The van der Waals surface area contributed by atoms with E-state index < -0.39 is 17.8 Å². The van der Waals surface area contributed by atoms with Gasteiger partial charge in [0.15, 0.2) is 6.61 Å². The van der Waals surface area contributed by atoms with Crippen LogP contribution in [0.1, 0.15) is 16.7 Å². The highest BCUT2D eigenvalue weighted by atomic mass is 79.9. The minimum atomic E-state index is -0.841. The zero-order valence-corrected chi connectivity index (χ0v) is 22.4. The molecule has 1 aliphatic heterocycles. The number of urea groups is 1. The lowest BCUT2D eigenvalue weighted by Gasteiger charge is -2.26. The summed E-state index contributed by atoms with van der Waals surface area (Å²) in [7, 11) is 1.50. The number of hydrogen-bond acceptors (Lipinski definition) is 6. The number of anilines is 2. The second-order valence-corrected chi connectivity index (χ2v) is 9.36. The number of nitrogens with one attached hydrogen (secondary N) is 2. The summed E-state index contributed by atoms with van der Waals surface area (Å²) in [5, 5.41) is 5.01. The van der Waals surface area contributed by atoms with Crippen LogP contribution in [0.4, 0.5) is 16.2 Å². The first-order valence-corrected chi connectivity index (χ1v) is 12.3. The Hall–Kier alpha value is -4.44. The molecule has 0 aliphatic carbocycles. The van der Waals surface area contributed by atoms with Crippen molar-refractivity contribution in [2.45, 2.75) is 13.8 Å². The Morgan fingerprint density at radius 2 is 1.76 bits per heavy atom. The molecule has 194 valence electrons. The average Bonchev–Trinajstić information content (AvgIpc) is 2.88. The Balaban J connectivity index is 1.47. The number of benzene rings is 3. The van der Waals surface area contributed by atoms with Gasteiger partial charge in [-0.2, -0.15) is 0 Å². The fourth-order valence-corrected chi connectivity index (χ4v) is 4.31. The van der Waals surface area contributed by atoms with E-state index in [1.54, 1.807) is 42.5 Å². The minimum absolute atomic E-state index is 0.214. The Kier molecular flexibility index (Phi) is 7.92. The first-order valence-electron chi connectivity index (χ1n) is 11.5. The van der Waals surface area contributed by atoms with Crippen molar-refractivity contribution in [3.05, 3.63) is 87.4 Å². The molecule has 1 saturated heterocycles. The monoisotopic (exact) mass is 577 g/mol. The first-order chi connectivity index (χ1) is 18.2. The Labute approximate surface area is 227 Å². The third-order valence-electron chi connectivity index (χ3n) is 5.71. The topological polar surface area (TPSA) is 114 Å². The summed E-state index contributed by atoms with van der Waals surface area (Å²) >= 11 is 3.40. The second-order valence-electron chi connectivity index (χ2n) is 8.50. The number of imide groups is 2. The molecule has 9 nitrogen and oxygen atoms in total. The van der Waals surface area contributed by atoms with Crippen molar-refractivity contribution >= 4 is 57.1 Å². The van der Waals surface area contributed by atoms with Gasteiger partial charge in [0.1, 0.15) is 17.1 Å². The van der Waals surface area contributed by atoms with Crippen molar-refractivity contribution < 1.29 is 28.7 Å². The lowest BCUT2D eigenvalue weighted by Crippen LogP contribution is -2.54. The van der Waals surface area contributed by atoms with E-state index in [1.807, 2.05) is 32.0 Å². The van der Waals surface area contributed by atoms with Crippen molar-refractivity contribution in [1.29, 1.82) is 0 Å². The van der Waals surface area contributed by atoms with Crippen LogP contribution in [0.2, 0.25) is 0 Å². The summed E-state index contributed by atoms with van der Waals surface area (Å²) in [5.41, 5.74) is 3.34. The van der Waals surface area contributed by atoms with Gasteiger partial charge >= 0.3 is 6.03 Å². The van der Waals surface area contributed by atoms with Crippen molar-refractivity contribution in [2.75, 3.05) is 23.9 Å². The smallest absolute Gasteiger partial charge is 0.335 e. The number of barbiturate groups is 1. The molecule has 0 saturated carbocycles. The average molecular weight is 578 g/mol. The molecule has 5 amide bonds. The number of rotatable bonds is 7. The zero-order chi connectivity index (χ0) is 27.4. The van der Waals surface area contributed by atoms with E-state index in [9.17, 15) is 19.2 Å². The summed E-state index contributed by atoms with van der Waals surface area (Å²) in [6.45, 7) is 3.68. The zero-order valence-electron chi connectivity index (χ0n) is 20.8. The number of nitrogens with zero attached hydrogens (tertiary/aromatic N) is 1. The number of amides is 5. The van der Waals surface area contributed by atoms with Crippen LogP contribution in [-0.4, -0.2) is 37.5 Å². The van der Waals surface area contributed by atoms with Gasteiger partial charge < -0.3 is 14.8 Å². The third-order valence-corrected chi connectivity index (χ3v) is 6.33. The van der Waals surface area contributed by atoms with Crippen molar-refractivity contribution in [1.82, 2.24) is 5.32 Å². The maximum Gasteiger partial charge on any atom is 0.335 e. The SMILES string of the molecule is COc1ccc(N2C(=O)NC(=O)/C(=C\c3ccc(OCC(=O)Nc4ccc(C)cc4C)c(Br)c3)C2=O)cc1. The first kappa shape index (κ1) is 26.6. The van der Waals surface area contributed by atoms with Crippen LogP contribution in [0, 0.1) is 13.8 Å². The highest BCUT2D eigenvalue weighted by molar-refractivity contribution is 9.10. The summed E-state index contributed by atoms with van der Waals surface area (Å²) in [4.78, 5) is 51.2. The molecule has 1 fully saturated rings. The Morgan fingerprint density at radius 3 is 2.42 bits per heavy atom. The molecule has 0 aromatic heterocycles. The number of carbonyl (C=O) groups is 4. The normalized spacial score (nSPS) is 14.4. The van der Waals surface area contributed by atoms with E-state index in [-0.39, 0.29) is 23.8 Å². The molecule has 1 aliphatic rings. The van der Waals surface area contributed by atoms with Crippen LogP contribution >= 0.6 is 15.9 Å². The number of ether oxygens (including phenoxy) is 2. The van der Waals surface area contributed by atoms with Gasteiger partial charge in [-0.25, -0.2) is 9.69 Å². The predicted octanol–water partition coefficient (Wildman–Crippen LogP) is 4.76. The molecule has 38 heavy (non-hydrogen) atoms. The lowest BCUT2D eigenvalue weighted by molar-refractivity contribution is -0.122. The van der Waals surface area contributed by atoms with Gasteiger partial charge in [0.2, 0.25) is 0 Å². The number of methoxy groups -OCH3 is 1. The van der Waals surface area contributed by atoms with Gasteiger partial charge in [-0.15, -0.1) is 0 Å². The standard InChI is InChI=1S/C28H24BrN3O6/c1-16-4-10-23(17(2)12-16)30-25(33)15-38-24-11-5-18(14-22(24)29)13-21-26(34)31-28(36)32(27(21)35)19-6-8-20(37-3)9-7-19/h4-14H,15H2,1-3H3,(H,30,33)(H,31,34,36)/b21-13+. The van der Waals surface area contributed by atoms with Gasteiger partial charge in [-0.3, -0.25) is 19.7 Å². The van der Waals surface area contributed by atoms with Gasteiger partial charge in [0, 0.05) is 5.69 Å². The van der Waals surface area contributed by atoms with E-state index in [4.69, 9.17) is 9.47 Å². The molecule has 10 heteroatoms. The molecular weight excluding hydrogens is 554 g/mol. The van der Waals surface area contributed by atoms with Gasteiger partial charge in [-0.05, 0) is 89.4 Å². The van der Waals surface area contributed by atoms with Crippen LogP contribution < -0.4 is 25.0 Å². The highest BCUT2D eigenvalue weighted by Gasteiger charge is 2.36. The van der Waals surface area contributed by atoms with Crippen molar-refractivity contribution in [3.63, 3.8) is 0 Å². The van der Waals surface area contributed by atoms with Crippen molar-refractivity contribution in [3.8, 4) is 11.5 Å². The molecule has 0 atom stereocenters. The second kappa shape index (κ2) is 11.3. The Morgan fingerprint density at radius 1 is 1.03 bits per heavy atom. The molecule has 0 unspecified atom stereocenters. The minimum Gasteiger partial charge on any atom is -0.497 e. The van der Waals surface area contributed by atoms with E-state index in [0.717, 1.165) is 16.0 Å². The summed E-state index contributed by atoms with van der Waals surface area (Å²) < 4.78 is 11.3. The lowest BCUT2D eigenvalue weighted by atomic mass is 10.1.